The number of aryl methyl sites for hydroxylation is 1. The normalized spacial score (nSPS) is 20.5. The molecule has 3 N–H and O–H groups in total. The Hall–Kier alpha value is -6.65. The van der Waals surface area contributed by atoms with Crippen molar-refractivity contribution in [3.8, 4) is 28.1 Å². The van der Waals surface area contributed by atoms with Gasteiger partial charge in [0, 0.05) is 80.3 Å². The molecule has 1 unspecified atom stereocenters. The topological polar surface area (TPSA) is 169 Å². The number of amides is 4. The first-order valence-electron chi connectivity index (χ1n) is 25.2. The number of ether oxygens (including phenoxy) is 1. The van der Waals surface area contributed by atoms with E-state index < -0.39 is 59.2 Å². The van der Waals surface area contributed by atoms with Crippen molar-refractivity contribution in [1.82, 2.24) is 40.0 Å². The monoisotopic (exact) mass is 985 g/mol. The van der Waals surface area contributed by atoms with Gasteiger partial charge in [0.25, 0.3) is 5.91 Å². The molecule has 0 spiro atoms. The molecule has 6 bridgehead atoms. The zero-order valence-electron chi connectivity index (χ0n) is 43.0. The molecule has 72 heavy (non-hydrogen) atoms. The summed E-state index contributed by atoms with van der Waals surface area (Å²) < 4.78 is 22.8. The van der Waals surface area contributed by atoms with Gasteiger partial charge in [-0.2, -0.15) is 0 Å². The van der Waals surface area contributed by atoms with Gasteiger partial charge in [-0.05, 0) is 103 Å². The second-order valence-corrected chi connectivity index (χ2v) is 21.2. The maximum Gasteiger partial charge on any atom is 0.324 e. The van der Waals surface area contributed by atoms with Gasteiger partial charge in [-0.15, -0.1) is 0 Å². The third-order valence-electron chi connectivity index (χ3n) is 14.3. The Morgan fingerprint density at radius 1 is 1.00 bits per heavy atom. The molecule has 8 rings (SSSR count). The van der Waals surface area contributed by atoms with Crippen molar-refractivity contribution in [3.05, 3.63) is 107 Å². The number of rotatable bonds is 12. The number of hydrogen-bond acceptors (Lipinski definition) is 10. The van der Waals surface area contributed by atoms with Gasteiger partial charge in [0.15, 0.2) is 0 Å². The lowest BCUT2D eigenvalue weighted by atomic mass is 9.83. The van der Waals surface area contributed by atoms with Gasteiger partial charge in [0.2, 0.25) is 17.7 Å². The second kappa shape index (κ2) is 21.2. The van der Waals surface area contributed by atoms with Crippen LogP contribution in [0.1, 0.15) is 89.6 Å². The number of carbonyl (C=O) groups excluding carboxylic acids is 5. The van der Waals surface area contributed by atoms with Crippen LogP contribution in [0.2, 0.25) is 0 Å². The van der Waals surface area contributed by atoms with E-state index in [9.17, 15) is 33.5 Å². The first-order chi connectivity index (χ1) is 34.2. The van der Waals surface area contributed by atoms with Crippen molar-refractivity contribution in [2.75, 3.05) is 40.3 Å². The molecule has 0 radical (unpaired) electrons. The van der Waals surface area contributed by atoms with Crippen LogP contribution in [0.25, 0.3) is 33.3 Å². The molecule has 5 heterocycles. The largest absolute Gasteiger partial charge is 0.508 e. The minimum Gasteiger partial charge on any atom is -0.508 e. The number of pyridine rings is 1. The van der Waals surface area contributed by atoms with Crippen LogP contribution in [0.3, 0.4) is 0 Å². The molecule has 3 aromatic carbocycles. The lowest BCUT2D eigenvalue weighted by molar-refractivity contribution is -0.155. The fraction of sp³-hybridized carbons (Fsp3) is 0.464. The summed E-state index contributed by atoms with van der Waals surface area (Å²) in [4.78, 5) is 80.0. The number of likely N-dealkylation sites (N-methyl/N-ethyl adjacent to an activating group) is 2. The Morgan fingerprint density at radius 2 is 1.76 bits per heavy atom. The fourth-order valence-corrected chi connectivity index (χ4v) is 10.5. The van der Waals surface area contributed by atoms with E-state index in [1.54, 1.807) is 44.2 Å². The maximum absolute atomic E-state index is 14.8. The zero-order chi connectivity index (χ0) is 51.8. The Bertz CT molecular complexity index is 2880. The predicted octanol–water partition coefficient (Wildman–Crippen LogP) is 6.83. The molecule has 0 aliphatic carbocycles. The van der Waals surface area contributed by atoms with Gasteiger partial charge >= 0.3 is 5.97 Å². The molecular formula is C56H69FN8O7. The Kier molecular flexibility index (Phi) is 15.2. The van der Waals surface area contributed by atoms with E-state index in [0.29, 0.717) is 49.0 Å². The molecule has 15 nitrogen and oxygen atoms in total. The number of nitrogens with one attached hydrogen (secondary N) is 2. The van der Waals surface area contributed by atoms with Crippen LogP contribution in [0.15, 0.2) is 79.0 Å². The van der Waals surface area contributed by atoms with E-state index in [1.807, 2.05) is 29.3 Å². The molecule has 3 aliphatic rings. The number of aromatic hydroxyl groups is 1. The summed E-state index contributed by atoms with van der Waals surface area (Å²) in [6, 6.07) is 18.3. The van der Waals surface area contributed by atoms with Crippen LogP contribution in [0.5, 0.6) is 5.75 Å². The summed E-state index contributed by atoms with van der Waals surface area (Å²) >= 11 is 0. The molecule has 3 aliphatic heterocycles. The van der Waals surface area contributed by atoms with Crippen molar-refractivity contribution in [1.29, 1.82) is 0 Å². The third-order valence-corrected chi connectivity index (χ3v) is 14.3. The lowest BCUT2D eigenvalue weighted by Crippen LogP contribution is -2.62. The number of phenolic OH excluding ortho intramolecular Hbond substituents is 1. The average Bonchev–Trinajstić information content (AvgIpc) is 4.05. The third kappa shape index (κ3) is 11.0. The SMILES string of the molecule is CCn1c(-c2cccnc2C(C)C)c2c3cc(ccc31)-c1cc(O)cc(c1)C[C@H](NC(=O)[C@H](C(C)C)N(C)C(=O)CN(C)C(=O)[C@H]1CN1Cc1ccccc1F)C(=O)N1CCC[C@H](N1)C(=O)OCC(C)(C)C2. The molecule has 2 fully saturated rings. The van der Waals surface area contributed by atoms with Crippen LogP contribution in [-0.4, -0.2) is 128 Å². The van der Waals surface area contributed by atoms with E-state index >= 15 is 0 Å². The first-order valence-corrected chi connectivity index (χ1v) is 25.2. The number of benzene rings is 3. The van der Waals surface area contributed by atoms with E-state index in [1.165, 1.54) is 35.0 Å². The number of nitrogens with zero attached hydrogens (tertiary/aromatic N) is 6. The van der Waals surface area contributed by atoms with Crippen LogP contribution in [0.4, 0.5) is 4.39 Å². The summed E-state index contributed by atoms with van der Waals surface area (Å²) in [5, 5.41) is 16.7. The molecule has 5 aromatic rings. The number of hydrogen-bond donors (Lipinski definition) is 3. The van der Waals surface area contributed by atoms with Gasteiger partial charge in [-0.3, -0.25) is 38.9 Å². The van der Waals surface area contributed by atoms with Gasteiger partial charge in [-0.25, -0.2) is 9.82 Å². The average molecular weight is 985 g/mol. The number of esters is 1. The number of carbonyl (C=O) groups is 5. The Labute approximate surface area is 421 Å². The standard InChI is InChI=1S/C56H69FN8O7/c1-10-64-46-20-19-36-27-41(46)42(51(64)40-16-13-21-58-49(40)33(2)3)28-56(6,7)32-72-55(71)44-18-14-22-65(60-44)53(69)45(25-35-23-38(36)26-39(66)24-35)59-52(68)50(34(4)5)62(9)48(67)31-61(8)54(70)47-30-63(47)29-37-15-11-12-17-43(37)57/h11-13,15-17,19-21,23-24,26-27,33-34,44-45,47,50,60,66H,10,14,18,22,25,28-32H2,1-9H3,(H,59,68)/t44-,45-,47+,50-,63?/m0/s1. The van der Waals surface area contributed by atoms with E-state index in [2.05, 4.69) is 68.1 Å². The van der Waals surface area contributed by atoms with Crippen LogP contribution in [-0.2, 0) is 54.6 Å². The second-order valence-electron chi connectivity index (χ2n) is 21.2. The van der Waals surface area contributed by atoms with Crippen molar-refractivity contribution in [2.45, 2.75) is 117 Å². The van der Waals surface area contributed by atoms with Gasteiger partial charge in [-0.1, -0.05) is 71.9 Å². The molecule has 2 aromatic heterocycles. The number of cyclic esters (lactones) is 1. The maximum atomic E-state index is 14.8. The minimum absolute atomic E-state index is 0.0239. The summed E-state index contributed by atoms with van der Waals surface area (Å²) in [5.41, 5.74) is 10.4. The van der Waals surface area contributed by atoms with Crippen molar-refractivity contribution in [2.24, 2.45) is 11.3 Å². The predicted molar refractivity (Wildman–Crippen MR) is 274 cm³/mol. The van der Waals surface area contributed by atoms with E-state index in [4.69, 9.17) is 9.72 Å². The van der Waals surface area contributed by atoms with Crippen LogP contribution >= 0.6 is 0 Å². The summed E-state index contributed by atoms with van der Waals surface area (Å²) in [5.74, 6) is -3.01. The first kappa shape index (κ1) is 51.7. The van der Waals surface area contributed by atoms with E-state index in [0.717, 1.165) is 39.0 Å². The Morgan fingerprint density at radius 3 is 2.49 bits per heavy atom. The van der Waals surface area contributed by atoms with Crippen molar-refractivity contribution < 1.29 is 38.2 Å². The lowest BCUT2D eigenvalue weighted by Gasteiger charge is -2.37. The number of halogens is 1. The summed E-state index contributed by atoms with van der Waals surface area (Å²) in [6.45, 7) is 15.6. The highest BCUT2D eigenvalue weighted by atomic mass is 19.1. The number of phenols is 1. The van der Waals surface area contributed by atoms with Crippen LogP contribution < -0.4 is 10.7 Å². The van der Waals surface area contributed by atoms with Crippen LogP contribution in [0, 0.1) is 17.2 Å². The molecule has 2 saturated heterocycles. The van der Waals surface area contributed by atoms with E-state index in [-0.39, 0.29) is 56.1 Å². The zero-order valence-corrected chi connectivity index (χ0v) is 43.0. The molecular weight excluding hydrogens is 916 g/mol. The summed E-state index contributed by atoms with van der Waals surface area (Å²) in [6.07, 6.45) is 3.26. The minimum atomic E-state index is -1.21. The summed E-state index contributed by atoms with van der Waals surface area (Å²) in [7, 11) is 3.03. The van der Waals surface area contributed by atoms with Gasteiger partial charge in [0.1, 0.15) is 35.7 Å². The highest BCUT2D eigenvalue weighted by Crippen LogP contribution is 2.42. The smallest absolute Gasteiger partial charge is 0.324 e. The van der Waals surface area contributed by atoms with Crippen molar-refractivity contribution >= 4 is 40.5 Å². The molecule has 0 saturated carbocycles. The number of hydrazine groups is 1. The molecule has 4 amide bonds. The molecule has 5 atom stereocenters. The van der Waals surface area contributed by atoms with Gasteiger partial charge < -0.3 is 29.5 Å². The fourth-order valence-electron chi connectivity index (χ4n) is 10.5. The Balaban J connectivity index is 1.11. The van der Waals surface area contributed by atoms with Gasteiger partial charge in [0.05, 0.1) is 24.5 Å². The number of fused-ring (bicyclic) bond motifs is 6. The molecule has 382 valence electrons. The van der Waals surface area contributed by atoms with Crippen molar-refractivity contribution in [3.63, 3.8) is 0 Å². The quantitative estimate of drug-likeness (QED) is 0.0890. The highest BCUT2D eigenvalue weighted by Gasteiger charge is 2.43. The highest BCUT2D eigenvalue weighted by molar-refractivity contribution is 5.96. The number of aromatic nitrogens is 2. The molecule has 16 heteroatoms.